The number of hydrogen-bond acceptors (Lipinski definition) is 5. The average molecular weight is 497 g/mol. The fraction of sp³-hybridized carbons (Fsp3) is 0.355. The minimum atomic E-state index is -0.193. The Morgan fingerprint density at radius 1 is 1.05 bits per heavy atom. The first-order valence-corrected chi connectivity index (χ1v) is 13.1. The summed E-state index contributed by atoms with van der Waals surface area (Å²) in [6, 6.07) is 21.1. The van der Waals surface area contributed by atoms with Crippen molar-refractivity contribution in [2.24, 2.45) is 0 Å². The molecule has 1 aliphatic heterocycles. The molecule has 1 amide bonds. The summed E-state index contributed by atoms with van der Waals surface area (Å²) < 4.78 is 6.15. The molecule has 3 aromatic rings. The number of anilines is 1. The molecule has 6 heteroatoms. The van der Waals surface area contributed by atoms with Gasteiger partial charge < -0.3 is 20.7 Å². The Bertz CT molecular complexity index is 1290. The number of carbonyl (C=O) groups excluding carboxylic acids is 1. The van der Waals surface area contributed by atoms with Crippen molar-refractivity contribution in [2.75, 3.05) is 25.9 Å². The molecule has 3 aromatic carbocycles. The SMILES string of the molecule is Cc1ccccc1CC1(NC(=O)c2ccc(N)c(C(=N)c3ccc(OC4CCN(C)CC4)cc3)c2)CC1. The van der Waals surface area contributed by atoms with Crippen LogP contribution in [0.3, 0.4) is 0 Å². The van der Waals surface area contributed by atoms with Gasteiger partial charge in [-0.05, 0) is 99.7 Å². The highest BCUT2D eigenvalue weighted by molar-refractivity contribution is 6.15. The fourth-order valence-electron chi connectivity index (χ4n) is 5.05. The molecule has 4 N–H and O–H groups in total. The number of carbonyl (C=O) groups is 1. The van der Waals surface area contributed by atoms with Gasteiger partial charge in [-0.2, -0.15) is 0 Å². The molecule has 0 unspecified atom stereocenters. The van der Waals surface area contributed by atoms with Crippen molar-refractivity contribution in [1.82, 2.24) is 10.2 Å². The van der Waals surface area contributed by atoms with Crippen molar-refractivity contribution < 1.29 is 9.53 Å². The number of aryl methyl sites for hydroxylation is 1. The quantitative estimate of drug-likeness (QED) is 0.303. The van der Waals surface area contributed by atoms with E-state index in [0.29, 0.717) is 22.5 Å². The van der Waals surface area contributed by atoms with Crippen molar-refractivity contribution in [3.05, 3.63) is 94.5 Å². The zero-order chi connectivity index (χ0) is 26.0. The number of likely N-dealkylation sites (tertiary alicyclic amines) is 1. The number of nitrogens with two attached hydrogens (primary N) is 1. The van der Waals surface area contributed by atoms with E-state index in [0.717, 1.165) is 56.5 Å². The van der Waals surface area contributed by atoms with Crippen molar-refractivity contribution in [2.45, 2.75) is 50.7 Å². The summed E-state index contributed by atoms with van der Waals surface area (Å²) in [5.74, 6) is 0.692. The van der Waals surface area contributed by atoms with Crippen LogP contribution in [0.4, 0.5) is 5.69 Å². The van der Waals surface area contributed by atoms with Gasteiger partial charge in [0.05, 0.1) is 5.71 Å². The predicted octanol–water partition coefficient (Wildman–Crippen LogP) is 4.97. The minimum absolute atomic E-state index is 0.123. The topological polar surface area (TPSA) is 91.4 Å². The lowest BCUT2D eigenvalue weighted by molar-refractivity contribution is 0.0931. The molecule has 6 nitrogen and oxygen atoms in total. The maximum absolute atomic E-state index is 13.2. The largest absolute Gasteiger partial charge is 0.490 e. The maximum Gasteiger partial charge on any atom is 0.251 e. The summed E-state index contributed by atoms with van der Waals surface area (Å²) in [7, 11) is 2.14. The van der Waals surface area contributed by atoms with Crippen LogP contribution >= 0.6 is 0 Å². The van der Waals surface area contributed by atoms with Gasteiger partial charge in [-0.15, -0.1) is 0 Å². The number of hydrogen-bond donors (Lipinski definition) is 3. The Balaban J connectivity index is 1.26. The van der Waals surface area contributed by atoms with Gasteiger partial charge >= 0.3 is 0 Å². The summed E-state index contributed by atoms with van der Waals surface area (Å²) >= 11 is 0. The van der Waals surface area contributed by atoms with Gasteiger partial charge in [0.25, 0.3) is 5.91 Å². The lowest BCUT2D eigenvalue weighted by atomic mass is 9.97. The van der Waals surface area contributed by atoms with Crippen LogP contribution in [0.15, 0.2) is 66.7 Å². The minimum Gasteiger partial charge on any atom is -0.490 e. The first-order chi connectivity index (χ1) is 17.8. The molecule has 5 rings (SSSR count). The third-order valence-electron chi connectivity index (χ3n) is 7.72. The van der Waals surface area contributed by atoms with E-state index in [-0.39, 0.29) is 17.6 Å². The maximum atomic E-state index is 13.2. The Kier molecular flexibility index (Phi) is 7.02. The molecule has 0 radical (unpaired) electrons. The summed E-state index contributed by atoms with van der Waals surface area (Å²) in [6.45, 7) is 4.20. The molecule has 1 heterocycles. The van der Waals surface area contributed by atoms with E-state index in [9.17, 15) is 4.79 Å². The predicted molar refractivity (Wildman–Crippen MR) is 149 cm³/mol. The number of nitrogens with zero attached hydrogens (tertiary/aromatic N) is 1. The van der Waals surface area contributed by atoms with Crippen LogP contribution < -0.4 is 15.8 Å². The molecular weight excluding hydrogens is 460 g/mol. The lowest BCUT2D eigenvalue weighted by Gasteiger charge is -2.29. The van der Waals surface area contributed by atoms with Crippen LogP contribution in [0.25, 0.3) is 0 Å². The molecule has 0 aromatic heterocycles. The Labute approximate surface area is 219 Å². The number of nitrogen functional groups attached to an aromatic ring is 1. The Hall–Kier alpha value is -3.64. The summed E-state index contributed by atoms with van der Waals surface area (Å²) in [6.07, 6.45) is 5.03. The second-order valence-corrected chi connectivity index (χ2v) is 10.7. The smallest absolute Gasteiger partial charge is 0.251 e. The van der Waals surface area contributed by atoms with Crippen LogP contribution in [0.2, 0.25) is 0 Å². The van der Waals surface area contributed by atoms with E-state index in [1.54, 1.807) is 18.2 Å². The molecule has 0 atom stereocenters. The van der Waals surface area contributed by atoms with Crippen molar-refractivity contribution in [1.29, 1.82) is 5.41 Å². The van der Waals surface area contributed by atoms with Gasteiger partial charge in [-0.1, -0.05) is 24.3 Å². The molecule has 1 aliphatic carbocycles. The first kappa shape index (κ1) is 25.0. The van der Waals surface area contributed by atoms with Crippen LogP contribution in [-0.2, 0) is 6.42 Å². The molecule has 192 valence electrons. The summed E-state index contributed by atoms with van der Waals surface area (Å²) in [5, 5.41) is 12.1. The van der Waals surface area contributed by atoms with Gasteiger partial charge in [0.2, 0.25) is 0 Å². The van der Waals surface area contributed by atoms with Gasteiger partial charge in [0.1, 0.15) is 11.9 Å². The van der Waals surface area contributed by atoms with Gasteiger partial charge in [-0.3, -0.25) is 10.2 Å². The standard InChI is InChI=1S/C31H36N4O2/c1-21-5-3-4-6-24(21)20-31(15-16-31)34-30(36)23-9-12-28(32)27(19-23)29(33)22-7-10-25(11-8-22)37-26-13-17-35(2)18-14-26/h3-12,19,26,33H,13-18,20,32H2,1-2H3,(H,34,36). The van der Waals surface area contributed by atoms with Crippen LogP contribution in [-0.4, -0.2) is 48.3 Å². The van der Waals surface area contributed by atoms with E-state index < -0.39 is 0 Å². The second-order valence-electron chi connectivity index (χ2n) is 10.7. The van der Waals surface area contributed by atoms with Crippen molar-refractivity contribution in [3.8, 4) is 5.75 Å². The van der Waals surface area contributed by atoms with E-state index in [1.165, 1.54) is 11.1 Å². The highest BCUT2D eigenvalue weighted by Gasteiger charge is 2.44. The highest BCUT2D eigenvalue weighted by Crippen LogP contribution is 2.39. The number of benzene rings is 3. The normalized spacial score (nSPS) is 17.2. The van der Waals surface area contributed by atoms with E-state index >= 15 is 0 Å². The molecule has 1 saturated carbocycles. The number of piperidine rings is 1. The zero-order valence-electron chi connectivity index (χ0n) is 21.7. The number of amides is 1. The number of ether oxygens (including phenoxy) is 1. The molecule has 37 heavy (non-hydrogen) atoms. The molecule has 0 bridgehead atoms. The number of rotatable bonds is 8. The molecule has 2 aliphatic rings. The third kappa shape index (κ3) is 5.86. The summed E-state index contributed by atoms with van der Waals surface area (Å²) in [5.41, 5.74) is 11.2. The molecule has 2 fully saturated rings. The third-order valence-corrected chi connectivity index (χ3v) is 7.72. The Morgan fingerprint density at radius 3 is 2.41 bits per heavy atom. The zero-order valence-corrected chi connectivity index (χ0v) is 21.7. The highest BCUT2D eigenvalue weighted by atomic mass is 16.5. The summed E-state index contributed by atoms with van der Waals surface area (Å²) in [4.78, 5) is 15.5. The van der Waals surface area contributed by atoms with Crippen molar-refractivity contribution >= 4 is 17.3 Å². The lowest BCUT2D eigenvalue weighted by Crippen LogP contribution is -2.38. The fourth-order valence-corrected chi connectivity index (χ4v) is 5.05. The van der Waals surface area contributed by atoms with E-state index in [1.807, 2.05) is 36.4 Å². The van der Waals surface area contributed by atoms with Crippen molar-refractivity contribution in [3.63, 3.8) is 0 Å². The number of nitrogens with one attached hydrogen (secondary N) is 2. The van der Waals surface area contributed by atoms with Gasteiger partial charge in [0.15, 0.2) is 0 Å². The van der Waals surface area contributed by atoms with E-state index in [2.05, 4.69) is 36.3 Å². The van der Waals surface area contributed by atoms with E-state index in [4.69, 9.17) is 15.9 Å². The average Bonchev–Trinajstić information content (AvgIpc) is 3.66. The van der Waals surface area contributed by atoms with Crippen LogP contribution in [0.5, 0.6) is 5.75 Å². The molecule has 0 spiro atoms. The van der Waals surface area contributed by atoms with Gasteiger partial charge in [0, 0.05) is 41.0 Å². The monoisotopic (exact) mass is 496 g/mol. The second kappa shape index (κ2) is 10.4. The Morgan fingerprint density at radius 2 is 1.73 bits per heavy atom. The van der Waals surface area contributed by atoms with Crippen LogP contribution in [0.1, 0.15) is 58.3 Å². The first-order valence-electron chi connectivity index (χ1n) is 13.1. The molecular formula is C31H36N4O2. The molecule has 1 saturated heterocycles. The van der Waals surface area contributed by atoms with Gasteiger partial charge in [-0.25, -0.2) is 0 Å². The van der Waals surface area contributed by atoms with Crippen LogP contribution in [0, 0.1) is 12.3 Å².